The van der Waals surface area contributed by atoms with Gasteiger partial charge in [-0.25, -0.2) is 0 Å². The number of nitrogens with one attached hydrogen (secondary N) is 1. The number of ether oxygens (including phenoxy) is 1. The third kappa shape index (κ3) is 3.14. The van der Waals surface area contributed by atoms with Gasteiger partial charge in [0.15, 0.2) is 0 Å². The van der Waals surface area contributed by atoms with Crippen molar-refractivity contribution in [3.05, 3.63) is 70.5 Å². The predicted octanol–water partition coefficient (Wildman–Crippen LogP) is 2.50. The molecule has 2 aromatic carbocycles. The third-order valence-electron chi connectivity index (χ3n) is 5.01. The predicted molar refractivity (Wildman–Crippen MR) is 106 cm³/mol. The van der Waals surface area contributed by atoms with E-state index in [0.717, 1.165) is 18.8 Å². The summed E-state index contributed by atoms with van der Waals surface area (Å²) in [6, 6.07) is 15.4. The van der Waals surface area contributed by atoms with Crippen LogP contribution in [0.4, 0.5) is 5.69 Å². The van der Waals surface area contributed by atoms with Crippen LogP contribution in [0, 0.1) is 0 Å². The van der Waals surface area contributed by atoms with Crippen molar-refractivity contribution in [2.24, 2.45) is 0 Å². The van der Waals surface area contributed by atoms with Crippen molar-refractivity contribution < 1.29 is 9.53 Å². The van der Waals surface area contributed by atoms with Gasteiger partial charge in [-0.1, -0.05) is 24.3 Å². The molecule has 1 aliphatic heterocycles. The van der Waals surface area contributed by atoms with E-state index in [1.54, 1.807) is 30.2 Å². The number of nitrogens with zero attached hydrogens (tertiary/aromatic N) is 2. The normalized spacial score (nSPS) is 14.4. The lowest BCUT2D eigenvalue weighted by Gasteiger charge is -2.36. The molecule has 0 bridgehead atoms. The molecule has 1 saturated heterocycles. The van der Waals surface area contributed by atoms with Crippen LogP contribution in [0.25, 0.3) is 10.9 Å². The third-order valence-corrected chi connectivity index (χ3v) is 5.01. The van der Waals surface area contributed by atoms with Gasteiger partial charge in [0.1, 0.15) is 11.3 Å². The Morgan fingerprint density at radius 1 is 1.00 bits per heavy atom. The number of amides is 1. The molecular weight excluding hydrogens is 342 g/mol. The number of para-hydroxylation sites is 2. The summed E-state index contributed by atoms with van der Waals surface area (Å²) in [6.07, 6.45) is 1.50. The van der Waals surface area contributed by atoms with Gasteiger partial charge in [0.2, 0.25) is 5.43 Å². The van der Waals surface area contributed by atoms with Crippen LogP contribution in [0.5, 0.6) is 5.75 Å². The number of carbonyl (C=O) groups is 1. The summed E-state index contributed by atoms with van der Waals surface area (Å²) >= 11 is 0. The number of benzene rings is 2. The van der Waals surface area contributed by atoms with Crippen LogP contribution in [0.2, 0.25) is 0 Å². The lowest BCUT2D eigenvalue weighted by atomic mass is 10.1. The van der Waals surface area contributed by atoms with Gasteiger partial charge in [-0.3, -0.25) is 9.59 Å². The highest BCUT2D eigenvalue weighted by atomic mass is 16.5. The number of methoxy groups -OCH3 is 1. The van der Waals surface area contributed by atoms with Gasteiger partial charge in [-0.05, 0) is 24.3 Å². The van der Waals surface area contributed by atoms with Crippen LogP contribution in [0.3, 0.4) is 0 Å². The first-order chi connectivity index (χ1) is 13.2. The van der Waals surface area contributed by atoms with Crippen LogP contribution in [0.15, 0.2) is 59.5 Å². The molecule has 4 rings (SSSR count). The molecule has 27 heavy (non-hydrogen) atoms. The molecule has 0 atom stereocenters. The molecule has 1 amide bonds. The van der Waals surface area contributed by atoms with Crippen LogP contribution < -0.4 is 15.1 Å². The molecule has 6 heteroatoms. The fraction of sp³-hybridized carbons (Fsp3) is 0.238. The van der Waals surface area contributed by atoms with Crippen LogP contribution >= 0.6 is 0 Å². The number of carbonyl (C=O) groups excluding carboxylic acids is 1. The maximum absolute atomic E-state index is 12.9. The Morgan fingerprint density at radius 2 is 1.74 bits per heavy atom. The van der Waals surface area contributed by atoms with Crippen LogP contribution in [-0.4, -0.2) is 49.1 Å². The van der Waals surface area contributed by atoms with E-state index in [1.165, 1.54) is 6.20 Å². The number of rotatable bonds is 3. The summed E-state index contributed by atoms with van der Waals surface area (Å²) in [5, 5.41) is 0.461. The number of anilines is 1. The highest BCUT2D eigenvalue weighted by Crippen LogP contribution is 2.21. The summed E-state index contributed by atoms with van der Waals surface area (Å²) in [5.74, 6) is 0.355. The Hall–Kier alpha value is -3.28. The first kappa shape index (κ1) is 17.1. The maximum Gasteiger partial charge on any atom is 0.259 e. The minimum atomic E-state index is -0.266. The largest absolute Gasteiger partial charge is 0.495 e. The topological polar surface area (TPSA) is 65.6 Å². The number of piperazine rings is 1. The SMILES string of the molecule is COc1cccc2c(=O)c(C(=O)N3CCN(c4ccccc4)CC3)c[nH]c12. The van der Waals surface area contributed by atoms with Crippen LogP contribution in [-0.2, 0) is 0 Å². The van der Waals surface area contributed by atoms with Crippen molar-refractivity contribution in [3.63, 3.8) is 0 Å². The van der Waals surface area contributed by atoms with Crippen molar-refractivity contribution in [1.82, 2.24) is 9.88 Å². The summed E-state index contributed by atoms with van der Waals surface area (Å²) in [7, 11) is 1.55. The van der Waals surface area contributed by atoms with E-state index in [0.29, 0.717) is 29.7 Å². The van der Waals surface area contributed by atoms with Gasteiger partial charge in [0, 0.05) is 38.1 Å². The monoisotopic (exact) mass is 363 g/mol. The molecule has 1 aromatic heterocycles. The Morgan fingerprint density at radius 3 is 2.44 bits per heavy atom. The number of H-pyrrole nitrogens is 1. The van der Waals surface area contributed by atoms with E-state index >= 15 is 0 Å². The number of hydrogen-bond donors (Lipinski definition) is 1. The second-order valence-electron chi connectivity index (χ2n) is 6.53. The number of fused-ring (bicyclic) bond motifs is 1. The van der Waals surface area contributed by atoms with Crippen molar-refractivity contribution in [1.29, 1.82) is 0 Å². The quantitative estimate of drug-likeness (QED) is 0.777. The van der Waals surface area contributed by atoms with Gasteiger partial charge in [0.05, 0.1) is 18.0 Å². The second-order valence-corrected chi connectivity index (χ2v) is 6.53. The average Bonchev–Trinajstić information content (AvgIpc) is 2.74. The molecule has 0 spiro atoms. The minimum absolute atomic E-state index is 0.170. The molecule has 0 aliphatic carbocycles. The highest BCUT2D eigenvalue weighted by Gasteiger charge is 2.24. The van der Waals surface area contributed by atoms with Gasteiger partial charge < -0.3 is 19.5 Å². The average molecular weight is 363 g/mol. The van der Waals surface area contributed by atoms with E-state index in [-0.39, 0.29) is 16.9 Å². The zero-order valence-corrected chi connectivity index (χ0v) is 15.1. The molecule has 138 valence electrons. The smallest absolute Gasteiger partial charge is 0.259 e. The van der Waals surface area contributed by atoms with Gasteiger partial charge in [-0.2, -0.15) is 0 Å². The number of hydrogen-bond acceptors (Lipinski definition) is 4. The Bertz CT molecular complexity index is 1020. The summed E-state index contributed by atoms with van der Waals surface area (Å²) in [6.45, 7) is 2.66. The molecule has 2 heterocycles. The minimum Gasteiger partial charge on any atom is -0.495 e. The van der Waals surface area contributed by atoms with Crippen molar-refractivity contribution in [3.8, 4) is 5.75 Å². The van der Waals surface area contributed by atoms with E-state index in [4.69, 9.17) is 4.74 Å². The zero-order valence-electron chi connectivity index (χ0n) is 15.1. The lowest BCUT2D eigenvalue weighted by molar-refractivity contribution is 0.0745. The number of aromatic amines is 1. The molecule has 0 unspecified atom stereocenters. The highest BCUT2D eigenvalue weighted by molar-refractivity contribution is 5.98. The van der Waals surface area contributed by atoms with Gasteiger partial charge in [-0.15, -0.1) is 0 Å². The van der Waals surface area contributed by atoms with E-state index in [1.807, 2.05) is 18.2 Å². The molecule has 3 aromatic rings. The molecule has 1 fully saturated rings. The zero-order chi connectivity index (χ0) is 18.8. The fourth-order valence-electron chi connectivity index (χ4n) is 3.53. The Labute approximate surface area is 157 Å². The van der Waals surface area contributed by atoms with E-state index < -0.39 is 0 Å². The molecular formula is C21H21N3O3. The first-order valence-corrected chi connectivity index (χ1v) is 8.96. The first-order valence-electron chi connectivity index (χ1n) is 8.96. The standard InChI is InChI=1S/C21H21N3O3/c1-27-18-9-5-8-16-19(18)22-14-17(20(16)25)21(26)24-12-10-23(11-13-24)15-6-3-2-4-7-15/h2-9,14H,10-13H2,1H3,(H,22,25). The summed E-state index contributed by atoms with van der Waals surface area (Å²) in [4.78, 5) is 32.8. The summed E-state index contributed by atoms with van der Waals surface area (Å²) < 4.78 is 5.28. The fourth-order valence-corrected chi connectivity index (χ4v) is 3.53. The number of pyridine rings is 1. The molecule has 6 nitrogen and oxygen atoms in total. The molecule has 0 radical (unpaired) electrons. The van der Waals surface area contributed by atoms with Crippen LogP contribution in [0.1, 0.15) is 10.4 Å². The maximum atomic E-state index is 12.9. The van der Waals surface area contributed by atoms with E-state index in [9.17, 15) is 9.59 Å². The molecule has 1 aliphatic rings. The Balaban J connectivity index is 1.55. The summed E-state index contributed by atoms with van der Waals surface area (Å²) in [5.41, 5.74) is 1.66. The number of aromatic nitrogens is 1. The van der Waals surface area contributed by atoms with Gasteiger partial charge >= 0.3 is 0 Å². The Kier molecular flexibility index (Phi) is 4.54. The molecule has 1 N–H and O–H groups in total. The van der Waals surface area contributed by atoms with Gasteiger partial charge in [0.25, 0.3) is 5.91 Å². The van der Waals surface area contributed by atoms with E-state index in [2.05, 4.69) is 22.0 Å². The van der Waals surface area contributed by atoms with Crippen molar-refractivity contribution in [2.45, 2.75) is 0 Å². The lowest BCUT2D eigenvalue weighted by Crippen LogP contribution is -2.49. The van der Waals surface area contributed by atoms with Crippen molar-refractivity contribution >= 4 is 22.5 Å². The second kappa shape index (κ2) is 7.15. The molecule has 0 saturated carbocycles. The van der Waals surface area contributed by atoms with Crippen molar-refractivity contribution in [2.75, 3.05) is 38.2 Å².